The molecule has 0 N–H and O–H groups in total. The number of hydrogen-bond donors (Lipinski definition) is 0. The highest BCUT2D eigenvalue weighted by Crippen LogP contribution is 2.18. The molecule has 6 nitrogen and oxygen atoms in total. The first-order chi connectivity index (χ1) is 37.0. The van der Waals surface area contributed by atoms with Crippen molar-refractivity contribution in [1.29, 1.82) is 0 Å². The number of rotatable bonds is 62. The quantitative estimate of drug-likeness (QED) is 0.0261. The maximum Gasteiger partial charge on any atom is 0.306 e. The number of hydrogen-bond acceptors (Lipinski definition) is 6. The molecule has 0 aliphatic heterocycles. The van der Waals surface area contributed by atoms with Crippen LogP contribution in [0.25, 0.3) is 0 Å². The van der Waals surface area contributed by atoms with Crippen LogP contribution in [0.3, 0.4) is 0 Å². The topological polar surface area (TPSA) is 78.9 Å². The molecule has 0 radical (unpaired) electrons. The van der Waals surface area contributed by atoms with Gasteiger partial charge in [0.15, 0.2) is 6.10 Å². The van der Waals surface area contributed by atoms with E-state index in [2.05, 4.69) is 57.2 Å². The zero-order valence-electron chi connectivity index (χ0n) is 50.6. The van der Waals surface area contributed by atoms with E-state index in [4.69, 9.17) is 14.2 Å². The fourth-order valence-electron chi connectivity index (χ4n) is 10.1. The van der Waals surface area contributed by atoms with Crippen LogP contribution in [0, 0.1) is 0 Å². The second-order valence-corrected chi connectivity index (χ2v) is 22.7. The van der Waals surface area contributed by atoms with Gasteiger partial charge in [-0.25, -0.2) is 0 Å². The third-order valence-electron chi connectivity index (χ3n) is 15.1. The summed E-state index contributed by atoms with van der Waals surface area (Å²) < 4.78 is 16.9. The Kier molecular flexibility index (Phi) is 62.1. The highest BCUT2D eigenvalue weighted by Gasteiger charge is 2.19. The third kappa shape index (κ3) is 62.4. The molecule has 6 heteroatoms. The van der Waals surface area contributed by atoms with E-state index in [-0.39, 0.29) is 31.1 Å². The molecule has 0 spiro atoms. The molecule has 1 atom stereocenters. The average molecular weight is 1050 g/mol. The molecule has 0 bridgehead atoms. The van der Waals surface area contributed by atoms with Crippen molar-refractivity contribution in [3.05, 3.63) is 36.5 Å². The maximum absolute atomic E-state index is 12.9. The van der Waals surface area contributed by atoms with Crippen LogP contribution in [0.5, 0.6) is 0 Å². The van der Waals surface area contributed by atoms with Gasteiger partial charge in [0.2, 0.25) is 0 Å². The van der Waals surface area contributed by atoms with E-state index in [0.29, 0.717) is 19.3 Å². The Morgan fingerprint density at radius 3 is 0.773 bits per heavy atom. The van der Waals surface area contributed by atoms with Gasteiger partial charge >= 0.3 is 17.9 Å². The summed E-state index contributed by atoms with van der Waals surface area (Å²) in [6, 6.07) is 0. The van der Waals surface area contributed by atoms with Crippen LogP contribution < -0.4 is 0 Å². The smallest absolute Gasteiger partial charge is 0.306 e. The number of ether oxygens (including phenoxy) is 3. The van der Waals surface area contributed by atoms with Crippen LogP contribution in [-0.4, -0.2) is 37.2 Å². The standard InChI is InChI=1S/C69H128O6/c1-4-7-10-13-16-19-21-23-25-27-29-30-31-32-33-34-35-36-37-38-40-41-43-45-47-50-53-56-59-62-68(71)74-65-66(64-73-67(70)61-58-55-52-49-18-15-12-9-6-3)75-69(72)63-60-57-54-51-48-46-44-42-39-28-26-24-22-20-17-14-11-8-5-2/h17,20,24,26-27,29,66H,4-16,18-19,21-23,25,28,30-65H2,1-3H3/b20-17-,26-24-,29-27-. The molecule has 0 aromatic heterocycles. The molecule has 1 unspecified atom stereocenters. The van der Waals surface area contributed by atoms with E-state index in [1.165, 1.54) is 263 Å². The summed E-state index contributed by atoms with van der Waals surface area (Å²) >= 11 is 0. The molecule has 0 amide bonds. The Labute approximate surface area is 467 Å². The van der Waals surface area contributed by atoms with Crippen LogP contribution in [0.4, 0.5) is 0 Å². The van der Waals surface area contributed by atoms with Crippen molar-refractivity contribution >= 4 is 17.9 Å². The highest BCUT2D eigenvalue weighted by molar-refractivity contribution is 5.71. The first kappa shape index (κ1) is 72.6. The van der Waals surface area contributed by atoms with Gasteiger partial charge in [-0.05, 0) is 77.0 Å². The molecule has 0 rings (SSSR count). The molecular weight excluding hydrogens is 925 g/mol. The zero-order chi connectivity index (χ0) is 54.3. The Morgan fingerprint density at radius 1 is 0.267 bits per heavy atom. The summed E-state index contributed by atoms with van der Waals surface area (Å²) in [4.78, 5) is 38.2. The fraction of sp³-hybridized carbons (Fsp3) is 0.870. The Bertz CT molecular complexity index is 1250. The van der Waals surface area contributed by atoms with Crippen LogP contribution in [-0.2, 0) is 28.6 Å². The molecule has 0 aliphatic rings. The van der Waals surface area contributed by atoms with E-state index in [9.17, 15) is 14.4 Å². The molecule has 0 aromatic carbocycles. The molecule has 0 saturated heterocycles. The number of allylic oxidation sites excluding steroid dienone is 6. The second kappa shape index (κ2) is 64.2. The number of carbonyl (C=O) groups excluding carboxylic acids is 3. The van der Waals surface area contributed by atoms with Gasteiger partial charge in [-0.2, -0.15) is 0 Å². The largest absolute Gasteiger partial charge is 0.462 e. The minimum Gasteiger partial charge on any atom is -0.462 e. The summed E-state index contributed by atoms with van der Waals surface area (Å²) in [5.74, 6) is -0.853. The molecular formula is C69H128O6. The second-order valence-electron chi connectivity index (χ2n) is 22.7. The number of carbonyl (C=O) groups is 3. The van der Waals surface area contributed by atoms with E-state index in [0.717, 1.165) is 64.2 Å². The van der Waals surface area contributed by atoms with Crippen molar-refractivity contribution in [1.82, 2.24) is 0 Å². The molecule has 440 valence electrons. The van der Waals surface area contributed by atoms with Crippen molar-refractivity contribution in [2.75, 3.05) is 13.2 Å². The normalized spacial score (nSPS) is 12.2. The highest BCUT2D eigenvalue weighted by atomic mass is 16.6. The lowest BCUT2D eigenvalue weighted by molar-refractivity contribution is -0.167. The van der Waals surface area contributed by atoms with Crippen molar-refractivity contribution in [2.24, 2.45) is 0 Å². The first-order valence-electron chi connectivity index (χ1n) is 33.5. The van der Waals surface area contributed by atoms with Crippen molar-refractivity contribution < 1.29 is 28.6 Å². The Morgan fingerprint density at radius 2 is 0.480 bits per heavy atom. The molecule has 0 aliphatic carbocycles. The Hall–Kier alpha value is -2.37. The van der Waals surface area contributed by atoms with Gasteiger partial charge < -0.3 is 14.2 Å². The van der Waals surface area contributed by atoms with Crippen molar-refractivity contribution in [3.8, 4) is 0 Å². The van der Waals surface area contributed by atoms with Gasteiger partial charge in [0.1, 0.15) is 13.2 Å². The summed E-state index contributed by atoms with van der Waals surface area (Å²) in [7, 11) is 0. The summed E-state index contributed by atoms with van der Waals surface area (Å²) in [6.07, 6.45) is 78.9. The fourth-order valence-corrected chi connectivity index (χ4v) is 10.1. The third-order valence-corrected chi connectivity index (χ3v) is 15.1. The predicted octanol–water partition coefficient (Wildman–Crippen LogP) is 22.8. The van der Waals surface area contributed by atoms with Crippen LogP contribution in [0.1, 0.15) is 367 Å². The van der Waals surface area contributed by atoms with Crippen LogP contribution in [0.15, 0.2) is 36.5 Å². The lowest BCUT2D eigenvalue weighted by Gasteiger charge is -2.18. The van der Waals surface area contributed by atoms with Gasteiger partial charge in [0.25, 0.3) is 0 Å². The van der Waals surface area contributed by atoms with E-state index in [1.807, 2.05) is 0 Å². The van der Waals surface area contributed by atoms with E-state index < -0.39 is 6.10 Å². The zero-order valence-corrected chi connectivity index (χ0v) is 50.6. The van der Waals surface area contributed by atoms with Crippen LogP contribution in [0.2, 0.25) is 0 Å². The van der Waals surface area contributed by atoms with Gasteiger partial charge in [-0.15, -0.1) is 0 Å². The summed E-state index contributed by atoms with van der Waals surface area (Å²) in [6.45, 7) is 6.65. The number of esters is 3. The first-order valence-corrected chi connectivity index (χ1v) is 33.5. The molecule has 0 fully saturated rings. The van der Waals surface area contributed by atoms with E-state index >= 15 is 0 Å². The summed E-state index contributed by atoms with van der Waals surface area (Å²) in [5, 5.41) is 0. The van der Waals surface area contributed by atoms with Crippen molar-refractivity contribution in [2.45, 2.75) is 374 Å². The monoisotopic (exact) mass is 1050 g/mol. The predicted molar refractivity (Wildman–Crippen MR) is 326 cm³/mol. The lowest BCUT2D eigenvalue weighted by Crippen LogP contribution is -2.30. The van der Waals surface area contributed by atoms with Gasteiger partial charge in [0.05, 0.1) is 0 Å². The minimum atomic E-state index is -0.770. The minimum absolute atomic E-state index is 0.0690. The van der Waals surface area contributed by atoms with Gasteiger partial charge in [-0.1, -0.05) is 308 Å². The summed E-state index contributed by atoms with van der Waals surface area (Å²) in [5.41, 5.74) is 0. The van der Waals surface area contributed by atoms with Crippen LogP contribution >= 0.6 is 0 Å². The SMILES string of the molecule is CCCCC/C=C\C/C=C\CCCCCCCCCCCC(=O)OC(COC(=O)CCCCCCCCCCC)COC(=O)CCCCCCCCCCCCCCCCCCC/C=C\CCCCCCCCCC. The molecule has 0 heterocycles. The molecule has 75 heavy (non-hydrogen) atoms. The van der Waals surface area contributed by atoms with Gasteiger partial charge in [0, 0.05) is 19.3 Å². The average Bonchev–Trinajstić information content (AvgIpc) is 3.41. The molecule has 0 saturated carbocycles. The van der Waals surface area contributed by atoms with E-state index in [1.54, 1.807) is 0 Å². The van der Waals surface area contributed by atoms with Gasteiger partial charge in [-0.3, -0.25) is 14.4 Å². The number of unbranched alkanes of at least 4 members (excludes halogenated alkanes) is 45. The lowest BCUT2D eigenvalue weighted by atomic mass is 10.0. The Balaban J connectivity index is 4.10. The maximum atomic E-state index is 12.9. The molecule has 0 aromatic rings. The van der Waals surface area contributed by atoms with Crippen molar-refractivity contribution in [3.63, 3.8) is 0 Å².